The molecule has 37 heavy (non-hydrogen) atoms. The van der Waals surface area contributed by atoms with E-state index in [2.05, 4.69) is 136 Å². The average Bonchev–Trinajstić information content (AvgIpc) is 3.36. The smallest absolute Gasteiger partial charge is 0.0619 e. The first-order chi connectivity index (χ1) is 18.1. The highest BCUT2D eigenvalue weighted by Gasteiger charge is 2.51. The van der Waals surface area contributed by atoms with Gasteiger partial charge in [-0.1, -0.05) is 116 Å². The minimum absolute atomic E-state index is 0.318. The minimum atomic E-state index is -0.318. The zero-order valence-corrected chi connectivity index (χ0v) is 21.7. The van der Waals surface area contributed by atoms with Gasteiger partial charge in [-0.15, -0.1) is 0 Å². The number of hydrogen-bond donors (Lipinski definition) is 0. The molecule has 1 atom stereocenters. The normalized spacial score (nSPS) is 17.9. The summed E-state index contributed by atoms with van der Waals surface area (Å²) in [6.07, 6.45) is 3.50. The van der Waals surface area contributed by atoms with Crippen molar-refractivity contribution in [1.29, 1.82) is 0 Å². The van der Waals surface area contributed by atoms with Crippen LogP contribution in [-0.2, 0) is 5.41 Å². The molecule has 1 spiro atoms. The molecule has 0 N–H and O–H groups in total. The third kappa shape index (κ3) is 3.02. The Kier molecular flexibility index (Phi) is 4.88. The summed E-state index contributed by atoms with van der Waals surface area (Å²) in [5.74, 6) is 0. The Morgan fingerprint density at radius 2 is 1.22 bits per heavy atom. The van der Waals surface area contributed by atoms with Crippen LogP contribution in [0.5, 0.6) is 0 Å². The number of rotatable bonds is 3. The highest BCUT2D eigenvalue weighted by Crippen LogP contribution is 2.62. The van der Waals surface area contributed by atoms with Crippen molar-refractivity contribution in [2.75, 3.05) is 0 Å². The standard InChI is InChI=1S/C37H30/c1-4-26(27-19-17-24(2)18-20-27)22-35-25(3)30-13-7-9-15-33(30)37(35)34-16-10-8-14-31(34)32-21-28-11-5-6-12-29(28)23-36(32)37/h5-23H,4H2,1-3H3/b26-22+. The van der Waals surface area contributed by atoms with E-state index in [4.69, 9.17) is 0 Å². The number of allylic oxidation sites excluding steroid dienone is 4. The van der Waals surface area contributed by atoms with Gasteiger partial charge in [0, 0.05) is 0 Å². The van der Waals surface area contributed by atoms with Crippen molar-refractivity contribution in [1.82, 2.24) is 0 Å². The Morgan fingerprint density at radius 3 is 1.92 bits per heavy atom. The lowest BCUT2D eigenvalue weighted by Gasteiger charge is -2.32. The molecule has 7 rings (SSSR count). The Hall–Kier alpha value is -4.16. The van der Waals surface area contributed by atoms with Gasteiger partial charge in [-0.2, -0.15) is 0 Å². The van der Waals surface area contributed by atoms with Crippen LogP contribution in [0.1, 0.15) is 53.6 Å². The summed E-state index contributed by atoms with van der Waals surface area (Å²) in [5, 5.41) is 2.60. The number of fused-ring (bicyclic) bond motifs is 8. The van der Waals surface area contributed by atoms with Gasteiger partial charge in [0.1, 0.15) is 0 Å². The average molecular weight is 475 g/mol. The van der Waals surface area contributed by atoms with Crippen LogP contribution in [0.2, 0.25) is 0 Å². The van der Waals surface area contributed by atoms with Gasteiger partial charge in [0.25, 0.3) is 0 Å². The van der Waals surface area contributed by atoms with Crippen molar-refractivity contribution < 1.29 is 0 Å². The quantitative estimate of drug-likeness (QED) is 0.244. The third-order valence-electron chi connectivity index (χ3n) is 8.58. The van der Waals surface area contributed by atoms with Crippen molar-refractivity contribution in [2.24, 2.45) is 0 Å². The second-order valence-corrected chi connectivity index (χ2v) is 10.5. The summed E-state index contributed by atoms with van der Waals surface area (Å²) < 4.78 is 0. The van der Waals surface area contributed by atoms with Gasteiger partial charge < -0.3 is 0 Å². The zero-order chi connectivity index (χ0) is 25.1. The second-order valence-electron chi connectivity index (χ2n) is 10.5. The van der Waals surface area contributed by atoms with Gasteiger partial charge in [0.15, 0.2) is 0 Å². The molecule has 5 aromatic carbocycles. The molecule has 178 valence electrons. The summed E-state index contributed by atoms with van der Waals surface area (Å²) in [6, 6.07) is 40.8. The van der Waals surface area contributed by atoms with Crippen LogP contribution in [-0.4, -0.2) is 0 Å². The molecule has 0 saturated heterocycles. The largest absolute Gasteiger partial charge is 0.0722 e. The van der Waals surface area contributed by atoms with Crippen LogP contribution in [0.3, 0.4) is 0 Å². The van der Waals surface area contributed by atoms with Crippen molar-refractivity contribution in [3.63, 3.8) is 0 Å². The maximum Gasteiger partial charge on any atom is 0.0722 e. The number of aryl methyl sites for hydroxylation is 1. The molecule has 0 fully saturated rings. The Labute approximate surface area is 219 Å². The molecule has 0 aromatic heterocycles. The summed E-state index contributed by atoms with van der Waals surface area (Å²) in [6.45, 7) is 6.76. The topological polar surface area (TPSA) is 0 Å². The van der Waals surface area contributed by atoms with Gasteiger partial charge in [-0.05, 0) is 98.8 Å². The molecular formula is C37H30. The Bertz CT molecular complexity index is 1760. The van der Waals surface area contributed by atoms with Crippen LogP contribution in [0.15, 0.2) is 121 Å². The van der Waals surface area contributed by atoms with Crippen LogP contribution in [0.4, 0.5) is 0 Å². The molecular weight excluding hydrogens is 444 g/mol. The van der Waals surface area contributed by atoms with Crippen LogP contribution in [0.25, 0.3) is 33.0 Å². The van der Waals surface area contributed by atoms with Gasteiger partial charge in [0.05, 0.1) is 5.41 Å². The Balaban J connectivity index is 1.60. The maximum atomic E-state index is 2.51. The zero-order valence-electron chi connectivity index (χ0n) is 21.7. The van der Waals surface area contributed by atoms with E-state index in [-0.39, 0.29) is 5.41 Å². The van der Waals surface area contributed by atoms with Gasteiger partial charge >= 0.3 is 0 Å². The summed E-state index contributed by atoms with van der Waals surface area (Å²) >= 11 is 0. The molecule has 0 aliphatic heterocycles. The molecule has 0 bridgehead atoms. The molecule has 0 radical (unpaired) electrons. The van der Waals surface area contributed by atoms with E-state index in [1.54, 1.807) is 0 Å². The molecule has 0 heteroatoms. The van der Waals surface area contributed by atoms with E-state index in [0.29, 0.717) is 0 Å². The fourth-order valence-corrected chi connectivity index (χ4v) is 6.80. The van der Waals surface area contributed by atoms with Crippen LogP contribution >= 0.6 is 0 Å². The number of benzene rings is 5. The first kappa shape index (κ1) is 22.1. The first-order valence-corrected chi connectivity index (χ1v) is 13.3. The van der Waals surface area contributed by atoms with E-state index in [1.165, 1.54) is 72.0 Å². The molecule has 0 heterocycles. The summed E-state index contributed by atoms with van der Waals surface area (Å²) in [7, 11) is 0. The van der Waals surface area contributed by atoms with E-state index in [0.717, 1.165) is 6.42 Å². The van der Waals surface area contributed by atoms with Crippen molar-refractivity contribution in [3.05, 3.63) is 154 Å². The summed E-state index contributed by atoms with van der Waals surface area (Å²) in [4.78, 5) is 0. The molecule has 2 aliphatic carbocycles. The molecule has 5 aromatic rings. The lowest BCUT2D eigenvalue weighted by atomic mass is 9.69. The molecule has 2 aliphatic rings. The lowest BCUT2D eigenvalue weighted by Crippen LogP contribution is -2.27. The van der Waals surface area contributed by atoms with Crippen LogP contribution in [0, 0.1) is 6.92 Å². The number of hydrogen-bond acceptors (Lipinski definition) is 0. The molecule has 0 saturated carbocycles. The van der Waals surface area contributed by atoms with E-state index in [9.17, 15) is 0 Å². The molecule has 0 nitrogen and oxygen atoms in total. The van der Waals surface area contributed by atoms with Gasteiger partial charge in [-0.25, -0.2) is 0 Å². The van der Waals surface area contributed by atoms with E-state index >= 15 is 0 Å². The van der Waals surface area contributed by atoms with E-state index < -0.39 is 0 Å². The monoisotopic (exact) mass is 474 g/mol. The predicted octanol–water partition coefficient (Wildman–Crippen LogP) is 9.74. The summed E-state index contributed by atoms with van der Waals surface area (Å²) in [5.41, 5.74) is 14.7. The lowest BCUT2D eigenvalue weighted by molar-refractivity contribution is 0.787. The fourth-order valence-electron chi connectivity index (χ4n) is 6.80. The highest BCUT2D eigenvalue weighted by molar-refractivity contribution is 6.00. The second kappa shape index (κ2) is 8.18. The Morgan fingerprint density at radius 1 is 0.622 bits per heavy atom. The first-order valence-electron chi connectivity index (χ1n) is 13.3. The molecule has 0 amide bonds. The SMILES string of the molecule is CC/C(=C\C1=C(C)c2ccccc2C12c1ccccc1-c1cc3ccccc3cc12)c1ccc(C)cc1. The van der Waals surface area contributed by atoms with Crippen molar-refractivity contribution in [2.45, 2.75) is 32.6 Å². The van der Waals surface area contributed by atoms with Gasteiger partial charge in [-0.3, -0.25) is 0 Å². The minimum Gasteiger partial charge on any atom is -0.0619 e. The molecule has 1 unspecified atom stereocenters. The highest BCUT2D eigenvalue weighted by atomic mass is 14.5. The fraction of sp³-hybridized carbons (Fsp3) is 0.135. The van der Waals surface area contributed by atoms with Crippen molar-refractivity contribution >= 4 is 21.9 Å². The third-order valence-corrected chi connectivity index (χ3v) is 8.58. The predicted molar refractivity (Wildman–Crippen MR) is 158 cm³/mol. The van der Waals surface area contributed by atoms with Crippen LogP contribution < -0.4 is 0 Å². The maximum absolute atomic E-state index is 2.51. The van der Waals surface area contributed by atoms with Gasteiger partial charge in [0.2, 0.25) is 0 Å². The van der Waals surface area contributed by atoms with Crippen molar-refractivity contribution in [3.8, 4) is 11.1 Å². The van der Waals surface area contributed by atoms with E-state index in [1.807, 2.05) is 0 Å².